The van der Waals surface area contributed by atoms with Crippen molar-refractivity contribution in [2.45, 2.75) is 0 Å². The van der Waals surface area contributed by atoms with Crippen LogP contribution in [0, 0.1) is 0 Å². The van der Waals surface area contributed by atoms with E-state index in [4.69, 9.17) is 19.9 Å². The third-order valence-corrected chi connectivity index (χ3v) is 21.1. The van der Waals surface area contributed by atoms with Gasteiger partial charge in [-0.1, -0.05) is 243 Å². The number of hydrogen-bond donors (Lipinski definition) is 1. The fraction of sp³-hybridized carbons (Fsp3) is 0. The van der Waals surface area contributed by atoms with Crippen LogP contribution in [0.15, 0.2) is 334 Å². The van der Waals surface area contributed by atoms with Crippen LogP contribution in [0.4, 0.5) is 0 Å². The first-order valence-electron chi connectivity index (χ1n) is 34.6. The number of rotatable bonds is 9. The van der Waals surface area contributed by atoms with Crippen molar-refractivity contribution in [2.24, 2.45) is 0 Å². The van der Waals surface area contributed by atoms with Crippen LogP contribution >= 0.6 is 0 Å². The van der Waals surface area contributed by atoms with E-state index in [1.165, 1.54) is 21.5 Å². The summed E-state index contributed by atoms with van der Waals surface area (Å²) in [5, 5.41) is 13.5. The number of nitrogens with zero attached hydrogens (tertiary/aromatic N) is 9. The van der Waals surface area contributed by atoms with Crippen LogP contribution in [-0.2, 0) is 0 Å². The molecule has 0 amide bonds. The van der Waals surface area contributed by atoms with Crippen LogP contribution in [0.2, 0.25) is 0 Å². The van der Waals surface area contributed by atoms with Gasteiger partial charge in [-0.15, -0.1) is 0 Å². The first-order chi connectivity index (χ1) is 50.6. The average molecular weight is 1300 g/mol. The Kier molecular flexibility index (Phi) is 12.0. The summed E-state index contributed by atoms with van der Waals surface area (Å²) in [6, 6.07) is 120. The summed E-state index contributed by atoms with van der Waals surface area (Å²) in [5.74, 6) is 2.91. The van der Waals surface area contributed by atoms with Crippen molar-refractivity contribution in [3.63, 3.8) is 0 Å². The van der Waals surface area contributed by atoms with Crippen molar-refractivity contribution in [2.75, 3.05) is 0 Å². The minimum Gasteiger partial charge on any atom is -0.354 e. The Balaban J connectivity index is 0.925. The molecule has 0 bridgehead atoms. The van der Waals surface area contributed by atoms with E-state index in [0.717, 1.165) is 154 Å². The molecule has 0 radical (unpaired) electrons. The summed E-state index contributed by atoms with van der Waals surface area (Å²) in [6.07, 6.45) is 0. The zero-order valence-corrected chi connectivity index (χ0v) is 54.8. The van der Waals surface area contributed by atoms with E-state index in [1.54, 1.807) is 0 Å². The van der Waals surface area contributed by atoms with Crippen molar-refractivity contribution >= 4 is 131 Å². The Morgan fingerprint density at radius 2 is 0.559 bits per heavy atom. The molecular weight excluding hydrogens is 1250 g/mol. The molecule has 22 aromatic rings. The molecule has 14 aromatic carbocycles. The number of fused-ring (bicyclic) bond motifs is 19. The molecule has 0 unspecified atom stereocenters. The van der Waals surface area contributed by atoms with E-state index in [0.29, 0.717) is 29.1 Å². The highest BCUT2D eigenvalue weighted by Gasteiger charge is 2.35. The summed E-state index contributed by atoms with van der Waals surface area (Å²) in [5.41, 5.74) is 19.8. The van der Waals surface area contributed by atoms with Gasteiger partial charge in [0.15, 0.2) is 29.1 Å². The summed E-state index contributed by atoms with van der Waals surface area (Å²) in [7, 11) is 0. The standard InChI is InChI=1S/C92H56N10/c1-4-26-56(27-5-1)88-94-89(57-28-6-2-7-29-57)96-90(95-88)84-86(99-73-41-19-11-33-62(73)63-34-12-20-42-74(63)99)91(101-77-45-23-15-37-66(77)67-38-16-24-46-78(67)101)97-92(87(84)100-75-43-21-13-35-64(75)65-36-14-22-44-76(65)100)102-79-47-25-17-39-68(79)70-54-58(48-51-80(70)102)59-49-52-81-71(55-59)83-82(98(81)60-30-8-3-9-31-60)53-50-69-61-32-10-18-40-72(61)93-85(69)83/h1-55,93H. The highest BCUT2D eigenvalue weighted by atomic mass is 15.2. The predicted octanol–water partition coefficient (Wildman–Crippen LogP) is 23.1. The van der Waals surface area contributed by atoms with Gasteiger partial charge < -0.3 is 18.7 Å². The molecule has 10 nitrogen and oxygen atoms in total. The maximum absolute atomic E-state index is 6.56. The van der Waals surface area contributed by atoms with E-state index in [9.17, 15) is 0 Å². The van der Waals surface area contributed by atoms with E-state index in [2.05, 4.69) is 349 Å². The second-order valence-corrected chi connectivity index (χ2v) is 26.5. The molecule has 102 heavy (non-hydrogen) atoms. The van der Waals surface area contributed by atoms with E-state index in [-0.39, 0.29) is 0 Å². The zero-order valence-electron chi connectivity index (χ0n) is 54.8. The number of benzene rings is 14. The van der Waals surface area contributed by atoms with Gasteiger partial charge in [0.05, 0.1) is 66.2 Å². The molecule has 8 heterocycles. The molecule has 22 rings (SSSR count). The van der Waals surface area contributed by atoms with Crippen molar-refractivity contribution < 1.29 is 0 Å². The van der Waals surface area contributed by atoms with E-state index in [1.807, 2.05) is 12.1 Å². The predicted molar refractivity (Wildman–Crippen MR) is 420 cm³/mol. The quantitative estimate of drug-likeness (QED) is 0.156. The molecule has 0 saturated heterocycles. The minimum absolute atomic E-state index is 0.471. The second kappa shape index (κ2) is 21.8. The number of para-hydroxylation sites is 9. The summed E-state index contributed by atoms with van der Waals surface area (Å²) >= 11 is 0. The summed E-state index contributed by atoms with van der Waals surface area (Å²) in [6.45, 7) is 0. The molecule has 0 aliphatic carbocycles. The Morgan fingerprint density at radius 1 is 0.216 bits per heavy atom. The molecule has 10 heteroatoms. The van der Waals surface area contributed by atoms with Gasteiger partial charge in [-0.2, -0.15) is 0 Å². The normalized spacial score (nSPS) is 12.1. The first-order valence-corrected chi connectivity index (χ1v) is 34.6. The summed E-state index contributed by atoms with van der Waals surface area (Å²) < 4.78 is 12.1. The van der Waals surface area contributed by atoms with Crippen LogP contribution < -0.4 is 0 Å². The zero-order chi connectivity index (χ0) is 66.7. The lowest BCUT2D eigenvalue weighted by Crippen LogP contribution is -2.17. The first kappa shape index (κ1) is 56.1. The number of H-pyrrole nitrogens is 1. The van der Waals surface area contributed by atoms with E-state index >= 15 is 0 Å². The molecule has 8 aromatic heterocycles. The molecule has 0 saturated carbocycles. The summed E-state index contributed by atoms with van der Waals surface area (Å²) in [4.78, 5) is 27.7. The van der Waals surface area contributed by atoms with Crippen molar-refractivity contribution in [3.8, 4) is 74.0 Å². The number of pyridine rings is 1. The van der Waals surface area contributed by atoms with Crippen molar-refractivity contribution in [1.82, 2.24) is 47.8 Å². The number of aromatic nitrogens is 10. The molecule has 0 spiro atoms. The molecule has 1 N–H and O–H groups in total. The molecule has 0 aliphatic rings. The van der Waals surface area contributed by atoms with Crippen LogP contribution in [0.5, 0.6) is 0 Å². The fourth-order valence-electron chi connectivity index (χ4n) is 16.7. The lowest BCUT2D eigenvalue weighted by Gasteiger charge is -2.26. The lowest BCUT2D eigenvalue weighted by molar-refractivity contribution is 0.952. The van der Waals surface area contributed by atoms with E-state index < -0.39 is 0 Å². The molecule has 0 fully saturated rings. The van der Waals surface area contributed by atoms with Gasteiger partial charge in [0, 0.05) is 87.0 Å². The van der Waals surface area contributed by atoms with Gasteiger partial charge in [0.2, 0.25) is 0 Å². The van der Waals surface area contributed by atoms with Gasteiger partial charge >= 0.3 is 0 Å². The van der Waals surface area contributed by atoms with Gasteiger partial charge in [-0.25, -0.2) is 19.9 Å². The Morgan fingerprint density at radius 3 is 1.02 bits per heavy atom. The lowest BCUT2D eigenvalue weighted by atomic mass is 10.00. The van der Waals surface area contributed by atoms with Gasteiger partial charge in [-0.05, 0) is 102 Å². The highest BCUT2D eigenvalue weighted by Crippen LogP contribution is 2.50. The third-order valence-electron chi connectivity index (χ3n) is 21.1. The Labute approximate surface area is 582 Å². The van der Waals surface area contributed by atoms with Crippen LogP contribution in [0.25, 0.3) is 205 Å². The second-order valence-electron chi connectivity index (χ2n) is 26.5. The number of aromatic amines is 1. The minimum atomic E-state index is 0.471. The topological polar surface area (TPSA) is 92.0 Å². The number of hydrogen-bond acceptors (Lipinski definition) is 4. The Hall–Kier alpha value is -14.0. The monoisotopic (exact) mass is 1300 g/mol. The average Bonchev–Trinajstić information content (AvgIpc) is 1.48. The van der Waals surface area contributed by atoms with Gasteiger partial charge in [-0.3, -0.25) is 9.13 Å². The SMILES string of the molecule is c1ccc(-c2nc(-c3ccccc3)nc(-c3c(-n4c5ccccc5c5ccccc54)c(-n4c5ccccc5c5ccccc54)nc(-n4c5ccccc5c5cc(-c6ccc7c(c6)c6c8[nH]c9ccccc9c8ccc6n7-c6ccccc6)ccc54)c3-n3c4ccccc4c4ccccc43)n2)cc1. The molecular formula is C92H56N10. The molecule has 0 atom stereocenters. The van der Waals surface area contributed by atoms with Crippen LogP contribution in [0.1, 0.15) is 0 Å². The smallest absolute Gasteiger partial charge is 0.168 e. The maximum Gasteiger partial charge on any atom is 0.168 e. The van der Waals surface area contributed by atoms with Crippen molar-refractivity contribution in [1.29, 1.82) is 0 Å². The van der Waals surface area contributed by atoms with Gasteiger partial charge in [0.25, 0.3) is 0 Å². The van der Waals surface area contributed by atoms with Gasteiger partial charge in [0.1, 0.15) is 11.4 Å². The van der Waals surface area contributed by atoms with Crippen molar-refractivity contribution in [3.05, 3.63) is 334 Å². The largest absolute Gasteiger partial charge is 0.354 e. The molecule has 0 aliphatic heterocycles. The molecule has 474 valence electrons. The highest BCUT2D eigenvalue weighted by molar-refractivity contribution is 6.26. The maximum atomic E-state index is 6.56. The third kappa shape index (κ3) is 8.11. The van der Waals surface area contributed by atoms with Crippen LogP contribution in [0.3, 0.4) is 0 Å². The Bertz CT molecular complexity index is 7030. The fourth-order valence-corrected chi connectivity index (χ4v) is 16.7. The van der Waals surface area contributed by atoms with Crippen LogP contribution in [-0.4, -0.2) is 47.8 Å². The number of nitrogens with one attached hydrogen (secondary N) is 1.